The summed E-state index contributed by atoms with van der Waals surface area (Å²) < 4.78 is 0. The van der Waals surface area contributed by atoms with Gasteiger partial charge in [0.2, 0.25) is 0 Å². The summed E-state index contributed by atoms with van der Waals surface area (Å²) in [6, 6.07) is 6.52. The molecule has 1 aromatic carbocycles. The second kappa shape index (κ2) is 7.14. The van der Waals surface area contributed by atoms with Crippen molar-refractivity contribution in [3.05, 3.63) is 34.9 Å². The van der Waals surface area contributed by atoms with E-state index in [1.165, 1.54) is 43.2 Å². The standard InChI is InChI=1S/C20H30O2/c1-2-3-4-5-6-14-8-12-19(22)20(14)16-7-10-17-15(13-16)9-11-18(17)21/h7,10,13-14,18-22H,2-6,8-9,11-12H2,1H3/t14-,18?,19+,20-/m0/s1. The van der Waals surface area contributed by atoms with Crippen molar-refractivity contribution in [1.29, 1.82) is 0 Å². The third-order valence-electron chi connectivity index (χ3n) is 5.78. The van der Waals surface area contributed by atoms with E-state index >= 15 is 0 Å². The summed E-state index contributed by atoms with van der Waals surface area (Å²) in [6.07, 6.45) is 9.98. The predicted molar refractivity (Wildman–Crippen MR) is 90.0 cm³/mol. The molecule has 0 saturated heterocycles. The van der Waals surface area contributed by atoms with Crippen LogP contribution in [-0.4, -0.2) is 16.3 Å². The van der Waals surface area contributed by atoms with Crippen molar-refractivity contribution in [3.63, 3.8) is 0 Å². The number of fused-ring (bicyclic) bond motifs is 1. The Morgan fingerprint density at radius 3 is 2.73 bits per heavy atom. The number of hydrogen-bond donors (Lipinski definition) is 2. The molecule has 2 aliphatic carbocycles. The Kier molecular flexibility index (Phi) is 5.20. The van der Waals surface area contributed by atoms with E-state index in [1.54, 1.807) is 0 Å². The molecular formula is C20H30O2. The molecule has 1 aromatic rings. The van der Waals surface area contributed by atoms with Gasteiger partial charge < -0.3 is 10.2 Å². The number of aliphatic hydroxyl groups excluding tert-OH is 2. The first kappa shape index (κ1) is 16.0. The molecule has 0 aliphatic heterocycles. The zero-order valence-corrected chi connectivity index (χ0v) is 13.8. The number of benzene rings is 1. The summed E-state index contributed by atoms with van der Waals surface area (Å²) in [5, 5.41) is 20.4. The van der Waals surface area contributed by atoms with Crippen LogP contribution in [0.4, 0.5) is 0 Å². The maximum atomic E-state index is 10.5. The Morgan fingerprint density at radius 2 is 1.91 bits per heavy atom. The number of hydrogen-bond acceptors (Lipinski definition) is 2. The Hall–Kier alpha value is -0.860. The van der Waals surface area contributed by atoms with Crippen LogP contribution in [0.3, 0.4) is 0 Å². The molecule has 2 heteroatoms. The van der Waals surface area contributed by atoms with Crippen molar-refractivity contribution in [2.75, 3.05) is 0 Å². The highest BCUT2D eigenvalue weighted by Crippen LogP contribution is 2.44. The number of aryl methyl sites for hydroxylation is 1. The molecule has 2 aliphatic rings. The van der Waals surface area contributed by atoms with Crippen LogP contribution >= 0.6 is 0 Å². The third-order valence-corrected chi connectivity index (χ3v) is 5.78. The Balaban J connectivity index is 1.71. The van der Waals surface area contributed by atoms with E-state index in [-0.39, 0.29) is 12.2 Å². The summed E-state index contributed by atoms with van der Waals surface area (Å²) in [7, 11) is 0. The fraction of sp³-hybridized carbons (Fsp3) is 0.700. The topological polar surface area (TPSA) is 40.5 Å². The molecule has 1 saturated carbocycles. The number of aliphatic hydroxyl groups is 2. The molecule has 122 valence electrons. The summed E-state index contributed by atoms with van der Waals surface area (Å²) in [4.78, 5) is 0. The van der Waals surface area contributed by atoms with E-state index in [1.807, 2.05) is 0 Å². The molecular weight excluding hydrogens is 272 g/mol. The average molecular weight is 302 g/mol. The second-order valence-electron chi connectivity index (χ2n) is 7.29. The van der Waals surface area contributed by atoms with Crippen LogP contribution < -0.4 is 0 Å². The minimum Gasteiger partial charge on any atom is -0.392 e. The predicted octanol–water partition coefficient (Wildman–Crippen LogP) is 4.49. The lowest BCUT2D eigenvalue weighted by atomic mass is 9.83. The Morgan fingerprint density at radius 1 is 1.05 bits per heavy atom. The summed E-state index contributed by atoms with van der Waals surface area (Å²) in [5.41, 5.74) is 3.71. The van der Waals surface area contributed by atoms with Crippen molar-refractivity contribution in [3.8, 4) is 0 Å². The number of unbranched alkanes of at least 4 members (excludes halogenated alkanes) is 3. The second-order valence-corrected chi connectivity index (χ2v) is 7.29. The molecule has 1 fully saturated rings. The molecule has 0 bridgehead atoms. The van der Waals surface area contributed by atoms with Crippen LogP contribution in [0.1, 0.15) is 87.0 Å². The molecule has 0 spiro atoms. The van der Waals surface area contributed by atoms with Gasteiger partial charge in [-0.1, -0.05) is 50.8 Å². The highest BCUT2D eigenvalue weighted by atomic mass is 16.3. The van der Waals surface area contributed by atoms with E-state index in [4.69, 9.17) is 0 Å². The van der Waals surface area contributed by atoms with E-state index in [0.29, 0.717) is 11.8 Å². The molecule has 0 aromatic heterocycles. The third kappa shape index (κ3) is 3.23. The van der Waals surface area contributed by atoms with Crippen LogP contribution in [0.25, 0.3) is 0 Å². The van der Waals surface area contributed by atoms with Gasteiger partial charge in [0.15, 0.2) is 0 Å². The largest absolute Gasteiger partial charge is 0.392 e. The van der Waals surface area contributed by atoms with E-state index < -0.39 is 0 Å². The van der Waals surface area contributed by atoms with E-state index in [2.05, 4.69) is 25.1 Å². The fourth-order valence-corrected chi connectivity index (χ4v) is 4.53. The molecule has 4 atom stereocenters. The van der Waals surface area contributed by atoms with Crippen molar-refractivity contribution in [2.45, 2.75) is 82.8 Å². The van der Waals surface area contributed by atoms with Crippen molar-refractivity contribution in [1.82, 2.24) is 0 Å². The lowest BCUT2D eigenvalue weighted by Gasteiger charge is -2.23. The fourth-order valence-electron chi connectivity index (χ4n) is 4.53. The first-order valence-electron chi connectivity index (χ1n) is 9.19. The quantitative estimate of drug-likeness (QED) is 0.760. The highest BCUT2D eigenvalue weighted by molar-refractivity contribution is 5.39. The van der Waals surface area contributed by atoms with Gasteiger partial charge in [0, 0.05) is 5.92 Å². The normalized spacial score (nSPS) is 30.7. The minimum atomic E-state index is -0.276. The molecule has 2 N–H and O–H groups in total. The van der Waals surface area contributed by atoms with E-state index in [9.17, 15) is 10.2 Å². The molecule has 0 radical (unpaired) electrons. The van der Waals surface area contributed by atoms with Crippen LogP contribution in [-0.2, 0) is 6.42 Å². The lowest BCUT2D eigenvalue weighted by Crippen LogP contribution is -2.17. The summed E-state index contributed by atoms with van der Waals surface area (Å²) in [5.74, 6) is 0.945. The van der Waals surface area contributed by atoms with Gasteiger partial charge in [-0.05, 0) is 54.7 Å². The van der Waals surface area contributed by atoms with Gasteiger partial charge >= 0.3 is 0 Å². The van der Waals surface area contributed by atoms with Gasteiger partial charge in [0.1, 0.15) is 0 Å². The monoisotopic (exact) mass is 302 g/mol. The molecule has 3 rings (SSSR count). The number of rotatable bonds is 6. The van der Waals surface area contributed by atoms with Crippen molar-refractivity contribution >= 4 is 0 Å². The maximum absolute atomic E-state index is 10.5. The van der Waals surface area contributed by atoms with Gasteiger partial charge in [-0.2, -0.15) is 0 Å². The van der Waals surface area contributed by atoms with Crippen LogP contribution in [0.2, 0.25) is 0 Å². The highest BCUT2D eigenvalue weighted by Gasteiger charge is 2.36. The van der Waals surface area contributed by atoms with Gasteiger partial charge in [0.25, 0.3) is 0 Å². The Bertz CT molecular complexity index is 496. The van der Waals surface area contributed by atoms with Crippen LogP contribution in [0.5, 0.6) is 0 Å². The molecule has 1 unspecified atom stereocenters. The summed E-state index contributed by atoms with van der Waals surface area (Å²) in [6.45, 7) is 2.25. The zero-order valence-electron chi connectivity index (χ0n) is 13.8. The zero-order chi connectivity index (χ0) is 15.5. The van der Waals surface area contributed by atoms with Gasteiger partial charge in [-0.15, -0.1) is 0 Å². The molecule has 0 heterocycles. The average Bonchev–Trinajstić information content (AvgIpc) is 3.07. The maximum Gasteiger partial charge on any atom is 0.0795 e. The lowest BCUT2D eigenvalue weighted by molar-refractivity contribution is 0.153. The van der Waals surface area contributed by atoms with Gasteiger partial charge in [-0.3, -0.25) is 0 Å². The first-order valence-corrected chi connectivity index (χ1v) is 9.19. The van der Waals surface area contributed by atoms with Crippen LogP contribution in [0.15, 0.2) is 18.2 Å². The van der Waals surface area contributed by atoms with E-state index in [0.717, 1.165) is 31.2 Å². The van der Waals surface area contributed by atoms with Crippen molar-refractivity contribution in [2.24, 2.45) is 5.92 Å². The summed E-state index contributed by atoms with van der Waals surface area (Å²) >= 11 is 0. The molecule has 22 heavy (non-hydrogen) atoms. The van der Waals surface area contributed by atoms with Crippen LogP contribution in [0, 0.1) is 5.92 Å². The van der Waals surface area contributed by atoms with Gasteiger partial charge in [0.05, 0.1) is 12.2 Å². The Labute approximate surface area is 134 Å². The smallest absolute Gasteiger partial charge is 0.0795 e. The SMILES string of the molecule is CCCCCC[C@H]1CC[C@@H](O)[C@@H]1c1ccc2c(c1)CCC2O. The van der Waals surface area contributed by atoms with Gasteiger partial charge in [-0.25, -0.2) is 0 Å². The molecule has 2 nitrogen and oxygen atoms in total. The first-order chi connectivity index (χ1) is 10.7. The van der Waals surface area contributed by atoms with Crippen molar-refractivity contribution < 1.29 is 10.2 Å². The molecule has 0 amide bonds. The minimum absolute atomic E-state index is 0.180.